The molecule has 1 unspecified atom stereocenters. The average Bonchev–Trinajstić information content (AvgIpc) is 2.97. The van der Waals surface area contributed by atoms with Crippen LogP contribution < -0.4 is 0 Å². The summed E-state index contributed by atoms with van der Waals surface area (Å²) in [4.78, 5) is 28.8. The highest BCUT2D eigenvalue weighted by Gasteiger charge is 2.45. The van der Waals surface area contributed by atoms with Gasteiger partial charge >= 0.3 is 6.09 Å². The van der Waals surface area contributed by atoms with E-state index in [4.69, 9.17) is 9.47 Å². The molecule has 3 atom stereocenters. The lowest BCUT2D eigenvalue weighted by Crippen LogP contribution is -2.55. The fraction of sp³-hybridized carbons (Fsp3) is 0.778. The Morgan fingerprint density at radius 1 is 1.21 bits per heavy atom. The first-order valence-corrected chi connectivity index (χ1v) is 8.90. The van der Waals surface area contributed by atoms with Crippen LogP contribution in [0.4, 0.5) is 4.79 Å². The molecule has 3 aliphatic rings. The molecule has 2 heterocycles. The number of fused-ring (bicyclic) bond motifs is 1. The summed E-state index contributed by atoms with van der Waals surface area (Å²) in [6.07, 6.45) is 6.53. The lowest BCUT2D eigenvalue weighted by atomic mass is 9.92. The summed E-state index contributed by atoms with van der Waals surface area (Å²) in [5.74, 6) is 0.285. The van der Waals surface area contributed by atoms with Crippen molar-refractivity contribution in [3.8, 4) is 0 Å². The number of allylic oxidation sites excluding steroid dienone is 2. The Morgan fingerprint density at radius 2 is 2.00 bits per heavy atom. The Morgan fingerprint density at radius 3 is 2.67 bits per heavy atom. The van der Waals surface area contributed by atoms with E-state index in [-0.39, 0.29) is 30.1 Å². The quantitative estimate of drug-likeness (QED) is 0.689. The SMILES string of the molecule is CC(C)(C)OC(=O)N1C[C@@H]2OCCN(C(=O)C3CC=CCC3)[C@@H]2C1. The normalized spacial score (nSPS) is 30.2. The molecule has 0 aromatic carbocycles. The zero-order valence-corrected chi connectivity index (χ0v) is 14.9. The van der Waals surface area contributed by atoms with Crippen molar-refractivity contribution in [2.24, 2.45) is 5.92 Å². The molecule has 0 N–H and O–H groups in total. The van der Waals surface area contributed by atoms with Crippen LogP contribution in [0.1, 0.15) is 40.0 Å². The van der Waals surface area contributed by atoms with E-state index in [0.717, 1.165) is 19.3 Å². The topological polar surface area (TPSA) is 59.1 Å². The summed E-state index contributed by atoms with van der Waals surface area (Å²) in [5.41, 5.74) is -0.518. The van der Waals surface area contributed by atoms with Crippen LogP contribution in [0.15, 0.2) is 12.2 Å². The molecule has 2 aliphatic heterocycles. The summed E-state index contributed by atoms with van der Waals surface area (Å²) in [7, 11) is 0. The van der Waals surface area contributed by atoms with Crippen molar-refractivity contribution in [3.63, 3.8) is 0 Å². The van der Waals surface area contributed by atoms with E-state index < -0.39 is 5.60 Å². The molecule has 2 saturated heterocycles. The van der Waals surface area contributed by atoms with Crippen molar-refractivity contribution in [2.45, 2.75) is 57.8 Å². The number of ether oxygens (including phenoxy) is 2. The van der Waals surface area contributed by atoms with Crippen LogP contribution in [-0.2, 0) is 14.3 Å². The third-order valence-electron chi connectivity index (χ3n) is 4.85. The molecule has 0 spiro atoms. The van der Waals surface area contributed by atoms with Gasteiger partial charge in [-0.1, -0.05) is 12.2 Å². The number of hydrogen-bond donors (Lipinski definition) is 0. The molecule has 0 radical (unpaired) electrons. The average molecular weight is 336 g/mol. The second kappa shape index (κ2) is 6.75. The van der Waals surface area contributed by atoms with Crippen molar-refractivity contribution in [1.29, 1.82) is 0 Å². The minimum atomic E-state index is -0.518. The number of nitrogens with zero attached hydrogens (tertiary/aromatic N) is 2. The molecule has 6 nitrogen and oxygen atoms in total. The standard InChI is InChI=1S/C18H28N2O4/c1-18(2,3)24-17(22)19-11-14-15(12-19)23-10-9-20(14)16(21)13-7-5-4-6-8-13/h4-5,13-15H,6-12H2,1-3H3/t13?,14-,15+/m1/s1. The van der Waals surface area contributed by atoms with Gasteiger partial charge in [0.15, 0.2) is 0 Å². The molecule has 134 valence electrons. The van der Waals surface area contributed by atoms with Gasteiger partial charge in [-0.05, 0) is 40.0 Å². The third kappa shape index (κ3) is 3.74. The minimum Gasteiger partial charge on any atom is -0.444 e. The zero-order chi connectivity index (χ0) is 17.3. The van der Waals surface area contributed by atoms with Gasteiger partial charge in [0.2, 0.25) is 5.91 Å². The molecule has 1 aliphatic carbocycles. The highest BCUT2D eigenvalue weighted by Crippen LogP contribution is 2.28. The number of likely N-dealkylation sites (tertiary alicyclic amines) is 1. The predicted molar refractivity (Wildman–Crippen MR) is 89.5 cm³/mol. The van der Waals surface area contributed by atoms with Crippen LogP contribution >= 0.6 is 0 Å². The lowest BCUT2D eigenvalue weighted by molar-refractivity contribution is -0.147. The van der Waals surface area contributed by atoms with Gasteiger partial charge in [0.25, 0.3) is 0 Å². The maximum atomic E-state index is 12.9. The van der Waals surface area contributed by atoms with E-state index in [1.54, 1.807) is 4.90 Å². The number of rotatable bonds is 1. The Hall–Kier alpha value is -1.56. The number of hydrogen-bond acceptors (Lipinski definition) is 4. The molecular weight excluding hydrogens is 308 g/mol. The van der Waals surface area contributed by atoms with Crippen molar-refractivity contribution in [1.82, 2.24) is 9.80 Å². The van der Waals surface area contributed by atoms with E-state index in [2.05, 4.69) is 12.2 Å². The van der Waals surface area contributed by atoms with Gasteiger partial charge < -0.3 is 19.3 Å². The molecule has 24 heavy (non-hydrogen) atoms. The summed E-state index contributed by atoms with van der Waals surface area (Å²) in [6, 6.07) is -0.0512. The number of carbonyl (C=O) groups is 2. The molecule has 0 aromatic heterocycles. The summed E-state index contributed by atoms with van der Waals surface area (Å²) in [5, 5.41) is 0. The van der Waals surface area contributed by atoms with E-state index in [0.29, 0.717) is 26.2 Å². The van der Waals surface area contributed by atoms with Gasteiger partial charge in [-0.2, -0.15) is 0 Å². The second-order valence-electron chi connectivity index (χ2n) is 7.87. The lowest BCUT2D eigenvalue weighted by Gasteiger charge is -2.38. The predicted octanol–water partition coefficient (Wildman–Crippen LogP) is 2.19. The molecule has 0 aromatic rings. The Labute approximate surface area is 143 Å². The molecule has 2 fully saturated rings. The van der Waals surface area contributed by atoms with Gasteiger partial charge in [0.05, 0.1) is 25.3 Å². The Balaban J connectivity index is 1.66. The summed E-state index contributed by atoms with van der Waals surface area (Å²) in [6.45, 7) is 7.71. The van der Waals surface area contributed by atoms with Crippen LogP contribution in [0.2, 0.25) is 0 Å². The van der Waals surface area contributed by atoms with Crippen molar-refractivity contribution >= 4 is 12.0 Å². The minimum absolute atomic E-state index is 0.0512. The van der Waals surface area contributed by atoms with Crippen molar-refractivity contribution < 1.29 is 19.1 Å². The van der Waals surface area contributed by atoms with Crippen LogP contribution in [-0.4, -0.2) is 65.8 Å². The largest absolute Gasteiger partial charge is 0.444 e. The third-order valence-corrected chi connectivity index (χ3v) is 4.85. The molecule has 3 rings (SSSR count). The fourth-order valence-electron chi connectivity index (χ4n) is 3.69. The first kappa shape index (κ1) is 17.3. The number of carbonyl (C=O) groups excluding carboxylic acids is 2. The second-order valence-corrected chi connectivity index (χ2v) is 7.87. The maximum Gasteiger partial charge on any atom is 0.410 e. The van der Waals surface area contributed by atoms with Crippen LogP contribution in [0, 0.1) is 5.92 Å². The monoisotopic (exact) mass is 336 g/mol. The van der Waals surface area contributed by atoms with E-state index >= 15 is 0 Å². The smallest absolute Gasteiger partial charge is 0.410 e. The van der Waals surface area contributed by atoms with Gasteiger partial charge in [-0.25, -0.2) is 4.79 Å². The van der Waals surface area contributed by atoms with Gasteiger partial charge in [0, 0.05) is 19.0 Å². The van der Waals surface area contributed by atoms with Gasteiger partial charge in [0.1, 0.15) is 5.60 Å². The van der Waals surface area contributed by atoms with E-state index in [9.17, 15) is 9.59 Å². The first-order chi connectivity index (χ1) is 11.3. The fourth-order valence-corrected chi connectivity index (χ4v) is 3.69. The van der Waals surface area contributed by atoms with Crippen molar-refractivity contribution in [3.05, 3.63) is 12.2 Å². The molecule has 0 bridgehead atoms. The van der Waals surface area contributed by atoms with Gasteiger partial charge in [-0.15, -0.1) is 0 Å². The summed E-state index contributed by atoms with van der Waals surface area (Å²) >= 11 is 0. The number of morpholine rings is 1. The maximum absolute atomic E-state index is 12.9. The van der Waals surface area contributed by atoms with Crippen LogP contribution in [0.3, 0.4) is 0 Å². The highest BCUT2D eigenvalue weighted by atomic mass is 16.6. The Kier molecular flexibility index (Phi) is 4.85. The first-order valence-electron chi connectivity index (χ1n) is 8.90. The summed E-state index contributed by atoms with van der Waals surface area (Å²) < 4.78 is 11.3. The van der Waals surface area contributed by atoms with Crippen LogP contribution in [0.5, 0.6) is 0 Å². The number of amides is 2. The van der Waals surface area contributed by atoms with E-state index in [1.165, 1.54) is 0 Å². The molecule has 2 amide bonds. The van der Waals surface area contributed by atoms with Gasteiger partial charge in [-0.3, -0.25) is 4.79 Å². The van der Waals surface area contributed by atoms with Crippen LogP contribution in [0.25, 0.3) is 0 Å². The highest BCUT2D eigenvalue weighted by molar-refractivity contribution is 5.80. The molecular formula is C18H28N2O4. The Bertz CT molecular complexity index is 526. The zero-order valence-electron chi connectivity index (χ0n) is 14.9. The van der Waals surface area contributed by atoms with Crippen molar-refractivity contribution in [2.75, 3.05) is 26.2 Å². The molecule has 6 heteroatoms. The molecule has 0 saturated carbocycles. The van der Waals surface area contributed by atoms with E-state index in [1.807, 2.05) is 25.7 Å².